The highest BCUT2D eigenvalue weighted by molar-refractivity contribution is 8.29. The predicted molar refractivity (Wildman–Crippen MR) is 107 cm³/mol. The van der Waals surface area contributed by atoms with Crippen LogP contribution in [-0.2, 0) is 19.0 Å². The van der Waals surface area contributed by atoms with Crippen molar-refractivity contribution in [2.75, 3.05) is 0 Å². The van der Waals surface area contributed by atoms with E-state index in [0.29, 0.717) is 9.79 Å². The summed E-state index contributed by atoms with van der Waals surface area (Å²) in [7, 11) is -3.31. The fraction of sp³-hybridized carbons (Fsp3) is 0.217. The summed E-state index contributed by atoms with van der Waals surface area (Å²) in [6.07, 6.45) is -2.90. The maximum Gasteiger partial charge on any atom is 0.416 e. The molecule has 0 spiro atoms. The summed E-state index contributed by atoms with van der Waals surface area (Å²) in [6, 6.07) is 18.8. The lowest BCUT2D eigenvalue weighted by Crippen LogP contribution is -2.06. The van der Waals surface area contributed by atoms with Crippen LogP contribution in [0.15, 0.2) is 87.5 Å². The second-order valence-corrected chi connectivity index (χ2v) is 9.05. The molecule has 0 aromatic heterocycles. The molecule has 0 amide bonds. The summed E-state index contributed by atoms with van der Waals surface area (Å²) in [4.78, 5) is 0.845. The van der Waals surface area contributed by atoms with Crippen molar-refractivity contribution in [3.05, 3.63) is 89.5 Å². The van der Waals surface area contributed by atoms with E-state index in [1.165, 1.54) is 12.1 Å². The van der Waals surface area contributed by atoms with Gasteiger partial charge >= 0.3 is 6.18 Å². The zero-order chi connectivity index (χ0) is 20.4. The van der Waals surface area contributed by atoms with Gasteiger partial charge in [0, 0.05) is 14.7 Å². The Bertz CT molecular complexity index is 881. The molecule has 0 aliphatic rings. The molecule has 0 bridgehead atoms. The van der Waals surface area contributed by atoms with Crippen molar-refractivity contribution >= 4 is 10.4 Å². The van der Waals surface area contributed by atoms with Gasteiger partial charge in [-0.1, -0.05) is 44.2 Å². The van der Waals surface area contributed by atoms with Gasteiger partial charge in [-0.3, -0.25) is 0 Å². The molecule has 0 unspecified atom stereocenters. The van der Waals surface area contributed by atoms with Crippen LogP contribution in [0.3, 0.4) is 0 Å². The number of benzene rings is 3. The lowest BCUT2D eigenvalue weighted by molar-refractivity contribution is -0.137. The monoisotopic (exact) mass is 406 g/mol. The predicted octanol–water partition coefficient (Wildman–Crippen LogP) is 8.00. The second kappa shape index (κ2) is 8.00. The SMILES string of the molecule is CCc1ccc(S(F)(c2ccc(CC)cc2)c2cccc(C(F)(F)F)c2)cc1. The van der Waals surface area contributed by atoms with Crippen LogP contribution in [0.2, 0.25) is 0 Å². The summed E-state index contributed by atoms with van der Waals surface area (Å²) in [5.74, 6) is 0. The molecule has 0 radical (unpaired) electrons. The van der Waals surface area contributed by atoms with Crippen LogP contribution in [0, 0.1) is 0 Å². The van der Waals surface area contributed by atoms with E-state index in [-0.39, 0.29) is 4.90 Å². The first-order chi connectivity index (χ1) is 13.3. The fourth-order valence-electron chi connectivity index (χ4n) is 3.08. The van der Waals surface area contributed by atoms with Crippen molar-refractivity contribution in [3.63, 3.8) is 0 Å². The number of aryl methyl sites for hydroxylation is 2. The van der Waals surface area contributed by atoms with Crippen molar-refractivity contribution in [1.29, 1.82) is 0 Å². The van der Waals surface area contributed by atoms with E-state index in [1.807, 2.05) is 38.1 Å². The van der Waals surface area contributed by atoms with Crippen molar-refractivity contribution in [2.24, 2.45) is 0 Å². The van der Waals surface area contributed by atoms with Crippen molar-refractivity contribution < 1.29 is 17.1 Å². The average Bonchev–Trinajstić information content (AvgIpc) is 2.73. The number of rotatable bonds is 5. The van der Waals surface area contributed by atoms with Gasteiger partial charge in [-0.2, -0.15) is 17.1 Å². The minimum absolute atomic E-state index is 0.0517. The number of hydrogen-bond donors (Lipinski definition) is 0. The van der Waals surface area contributed by atoms with E-state index in [9.17, 15) is 13.2 Å². The van der Waals surface area contributed by atoms with E-state index in [2.05, 4.69) is 0 Å². The van der Waals surface area contributed by atoms with Gasteiger partial charge in [0.15, 0.2) is 0 Å². The van der Waals surface area contributed by atoms with Crippen LogP contribution in [-0.4, -0.2) is 0 Å². The van der Waals surface area contributed by atoms with E-state index in [4.69, 9.17) is 0 Å². The average molecular weight is 406 g/mol. The lowest BCUT2D eigenvalue weighted by atomic mass is 10.2. The minimum atomic E-state index is -4.52. The first kappa shape index (κ1) is 20.5. The largest absolute Gasteiger partial charge is 0.416 e. The van der Waals surface area contributed by atoms with E-state index >= 15 is 3.89 Å². The molecule has 0 N–H and O–H groups in total. The summed E-state index contributed by atoms with van der Waals surface area (Å²) in [5.41, 5.74) is 1.27. The zero-order valence-electron chi connectivity index (χ0n) is 15.8. The van der Waals surface area contributed by atoms with Crippen LogP contribution >= 0.6 is 10.4 Å². The molecule has 3 aromatic rings. The normalized spacial score (nSPS) is 12.8. The maximum absolute atomic E-state index is 16.7. The summed E-state index contributed by atoms with van der Waals surface area (Å²) in [6.45, 7) is 4.00. The van der Waals surface area contributed by atoms with Crippen LogP contribution < -0.4 is 0 Å². The standard InChI is InChI=1S/C23H22F4S/c1-3-17-8-12-20(13-9-17)28(27,21-14-10-18(4-2)11-15-21)22-7-5-6-19(16-22)23(24,25)26/h5-16H,3-4H2,1-2H3. The molecule has 148 valence electrons. The van der Waals surface area contributed by atoms with Crippen LogP contribution in [0.5, 0.6) is 0 Å². The summed E-state index contributed by atoms with van der Waals surface area (Å²) >= 11 is 0. The molecule has 3 rings (SSSR count). The molecule has 0 saturated heterocycles. The number of halogens is 4. The number of alkyl halides is 3. The second-order valence-electron chi connectivity index (χ2n) is 6.56. The molecule has 0 atom stereocenters. The number of hydrogen-bond acceptors (Lipinski definition) is 0. The third-order valence-electron chi connectivity index (χ3n) is 4.80. The van der Waals surface area contributed by atoms with Gasteiger partial charge in [0.25, 0.3) is 0 Å². The van der Waals surface area contributed by atoms with Gasteiger partial charge < -0.3 is 0 Å². The molecule has 3 aromatic carbocycles. The van der Waals surface area contributed by atoms with Gasteiger partial charge in [-0.15, -0.1) is 0 Å². The first-order valence-corrected chi connectivity index (χ1v) is 10.7. The molecule has 0 heterocycles. The van der Waals surface area contributed by atoms with Crippen LogP contribution in [0.4, 0.5) is 17.1 Å². The molecule has 0 saturated carbocycles. The third kappa shape index (κ3) is 3.95. The quantitative estimate of drug-likeness (QED) is 0.377. The van der Waals surface area contributed by atoms with Gasteiger partial charge in [-0.05, 0) is 76.8 Å². The van der Waals surface area contributed by atoms with Crippen molar-refractivity contribution in [1.82, 2.24) is 0 Å². The molecule has 5 heteroatoms. The Morgan fingerprint density at radius 1 is 0.679 bits per heavy atom. The topological polar surface area (TPSA) is 0 Å². The van der Waals surface area contributed by atoms with E-state index in [0.717, 1.165) is 36.1 Å². The van der Waals surface area contributed by atoms with Crippen molar-refractivity contribution in [3.8, 4) is 0 Å². The van der Waals surface area contributed by atoms with Gasteiger partial charge in [0.2, 0.25) is 0 Å². The highest BCUT2D eigenvalue weighted by Gasteiger charge is 2.35. The molecule has 28 heavy (non-hydrogen) atoms. The van der Waals surface area contributed by atoms with Gasteiger partial charge in [0.05, 0.1) is 5.56 Å². The van der Waals surface area contributed by atoms with Gasteiger partial charge in [0.1, 0.15) is 0 Å². The molecule has 0 nitrogen and oxygen atoms in total. The lowest BCUT2D eigenvalue weighted by Gasteiger charge is -2.33. The van der Waals surface area contributed by atoms with E-state index < -0.39 is 22.2 Å². The summed E-state index contributed by atoms with van der Waals surface area (Å²) < 4.78 is 56.5. The van der Waals surface area contributed by atoms with Gasteiger partial charge in [-0.25, -0.2) is 0 Å². The highest BCUT2D eigenvalue weighted by Crippen LogP contribution is 2.69. The molecule has 0 aliphatic heterocycles. The smallest absolute Gasteiger partial charge is 0.175 e. The zero-order valence-corrected chi connectivity index (χ0v) is 16.6. The molecular formula is C23H22F4S. The Morgan fingerprint density at radius 3 is 1.54 bits per heavy atom. The Balaban J connectivity index is 2.21. The molecule has 0 aliphatic carbocycles. The third-order valence-corrected chi connectivity index (χ3v) is 7.55. The molecule has 0 fully saturated rings. The highest BCUT2D eigenvalue weighted by atomic mass is 32.3. The maximum atomic E-state index is 16.7. The minimum Gasteiger partial charge on any atom is -0.175 e. The van der Waals surface area contributed by atoms with Crippen LogP contribution in [0.25, 0.3) is 0 Å². The first-order valence-electron chi connectivity index (χ1n) is 9.17. The Morgan fingerprint density at radius 2 is 1.14 bits per heavy atom. The Labute approximate surface area is 164 Å². The Hall–Kier alpha value is -2.27. The Kier molecular flexibility index (Phi) is 5.84. The van der Waals surface area contributed by atoms with Crippen LogP contribution in [0.1, 0.15) is 30.5 Å². The van der Waals surface area contributed by atoms with Crippen molar-refractivity contribution in [2.45, 2.75) is 47.6 Å². The molecular weight excluding hydrogens is 384 g/mol. The fourth-order valence-corrected chi connectivity index (χ4v) is 5.48. The van der Waals surface area contributed by atoms with E-state index in [1.54, 1.807) is 24.3 Å². The summed E-state index contributed by atoms with van der Waals surface area (Å²) in [5, 5.41) is 0.